The number of nitrogens with one attached hydrogen (secondary N) is 2. The highest BCUT2D eigenvalue weighted by Crippen LogP contribution is 2.33. The molecule has 6 nitrogen and oxygen atoms in total. The molecule has 0 unspecified atom stereocenters. The van der Waals surface area contributed by atoms with Gasteiger partial charge in [-0.05, 0) is 76.6 Å². The molecule has 0 bridgehead atoms. The standard InChI is InChI=1S/C22H29N5O/c1-15-7-11-18(12-8-15)24-21-25-20-6-4-5-19(27(20)26-21)23-17-13-9-16(10-14-17)22(2,3)28/h4-8,11-12,16-17,23,28H,9-10,13-14H2,1-3H3,(H,24,26). The summed E-state index contributed by atoms with van der Waals surface area (Å²) in [4.78, 5) is 4.60. The lowest BCUT2D eigenvalue weighted by molar-refractivity contribution is -0.000409. The Balaban J connectivity index is 1.48. The van der Waals surface area contributed by atoms with E-state index in [0.717, 1.165) is 42.8 Å². The monoisotopic (exact) mass is 379 g/mol. The van der Waals surface area contributed by atoms with Gasteiger partial charge in [0, 0.05) is 11.7 Å². The van der Waals surface area contributed by atoms with Crippen LogP contribution in [-0.2, 0) is 0 Å². The fraction of sp³-hybridized carbons (Fsp3) is 0.455. The Morgan fingerprint density at radius 2 is 1.75 bits per heavy atom. The molecule has 1 aliphatic carbocycles. The summed E-state index contributed by atoms with van der Waals surface area (Å²) in [5.74, 6) is 1.91. The average Bonchev–Trinajstić information content (AvgIpc) is 3.07. The Morgan fingerprint density at radius 3 is 2.43 bits per heavy atom. The number of hydrogen-bond acceptors (Lipinski definition) is 5. The smallest absolute Gasteiger partial charge is 0.247 e. The van der Waals surface area contributed by atoms with E-state index in [4.69, 9.17) is 0 Å². The Bertz CT molecular complexity index is 934. The van der Waals surface area contributed by atoms with E-state index >= 15 is 0 Å². The fourth-order valence-electron chi connectivity index (χ4n) is 3.99. The van der Waals surface area contributed by atoms with Crippen LogP contribution in [0.25, 0.3) is 5.65 Å². The Labute approximate surface area is 166 Å². The maximum absolute atomic E-state index is 10.2. The fourth-order valence-corrected chi connectivity index (χ4v) is 3.99. The van der Waals surface area contributed by atoms with Crippen LogP contribution < -0.4 is 10.6 Å². The van der Waals surface area contributed by atoms with Gasteiger partial charge in [-0.2, -0.15) is 9.50 Å². The molecule has 3 aromatic rings. The van der Waals surface area contributed by atoms with Crippen LogP contribution in [0.1, 0.15) is 45.1 Å². The topological polar surface area (TPSA) is 74.5 Å². The van der Waals surface area contributed by atoms with Crippen LogP contribution in [0.3, 0.4) is 0 Å². The van der Waals surface area contributed by atoms with Crippen molar-refractivity contribution in [3.63, 3.8) is 0 Å². The first-order valence-corrected chi connectivity index (χ1v) is 10.1. The SMILES string of the molecule is Cc1ccc(Nc2nc3cccc(NC4CCC(C(C)(C)O)CC4)n3n2)cc1. The lowest BCUT2D eigenvalue weighted by atomic mass is 9.77. The largest absolute Gasteiger partial charge is 0.390 e. The minimum absolute atomic E-state index is 0.373. The number of hydrogen-bond donors (Lipinski definition) is 3. The number of aryl methyl sites for hydroxylation is 1. The van der Waals surface area contributed by atoms with Crippen LogP contribution in [0, 0.1) is 12.8 Å². The molecular formula is C22H29N5O. The van der Waals surface area contributed by atoms with E-state index in [0.29, 0.717) is 17.9 Å². The quantitative estimate of drug-likeness (QED) is 0.608. The predicted molar refractivity (Wildman–Crippen MR) is 113 cm³/mol. The van der Waals surface area contributed by atoms with Crippen molar-refractivity contribution < 1.29 is 5.11 Å². The van der Waals surface area contributed by atoms with Gasteiger partial charge in [0.2, 0.25) is 5.95 Å². The van der Waals surface area contributed by atoms with Crippen molar-refractivity contribution in [2.24, 2.45) is 5.92 Å². The Hall–Kier alpha value is -2.60. The highest BCUT2D eigenvalue weighted by atomic mass is 16.3. The van der Waals surface area contributed by atoms with E-state index in [1.165, 1.54) is 5.56 Å². The molecule has 0 spiro atoms. The first-order chi connectivity index (χ1) is 13.4. The van der Waals surface area contributed by atoms with Crippen LogP contribution in [-0.4, -0.2) is 31.3 Å². The van der Waals surface area contributed by atoms with Gasteiger partial charge in [0.25, 0.3) is 0 Å². The maximum atomic E-state index is 10.2. The molecule has 3 N–H and O–H groups in total. The zero-order valence-electron chi connectivity index (χ0n) is 16.8. The van der Waals surface area contributed by atoms with Gasteiger partial charge in [0.05, 0.1) is 5.60 Å². The highest BCUT2D eigenvalue weighted by Gasteiger charge is 2.31. The molecule has 1 fully saturated rings. The summed E-state index contributed by atoms with van der Waals surface area (Å²) < 4.78 is 1.86. The zero-order chi connectivity index (χ0) is 19.7. The molecule has 0 aliphatic heterocycles. The second-order valence-corrected chi connectivity index (χ2v) is 8.45. The first-order valence-electron chi connectivity index (χ1n) is 10.1. The van der Waals surface area contributed by atoms with E-state index in [1.807, 2.05) is 48.7 Å². The minimum atomic E-state index is -0.590. The molecule has 6 heteroatoms. The van der Waals surface area contributed by atoms with Gasteiger partial charge in [-0.3, -0.25) is 0 Å². The lowest BCUT2D eigenvalue weighted by Crippen LogP contribution is -2.37. The zero-order valence-corrected chi connectivity index (χ0v) is 16.8. The van der Waals surface area contributed by atoms with Crippen LogP contribution in [0.15, 0.2) is 42.5 Å². The number of anilines is 3. The van der Waals surface area contributed by atoms with E-state index < -0.39 is 5.60 Å². The van der Waals surface area contributed by atoms with Crippen molar-refractivity contribution in [1.29, 1.82) is 0 Å². The summed E-state index contributed by atoms with van der Waals surface area (Å²) in [5, 5.41) is 21.8. The predicted octanol–water partition coefficient (Wildman–Crippen LogP) is 4.52. The maximum Gasteiger partial charge on any atom is 0.247 e. The second kappa shape index (κ2) is 7.43. The van der Waals surface area contributed by atoms with Crippen molar-refractivity contribution >= 4 is 23.1 Å². The molecular weight excluding hydrogens is 350 g/mol. The number of aromatic nitrogens is 3. The number of fused-ring (bicyclic) bond motifs is 1. The molecule has 148 valence electrons. The molecule has 28 heavy (non-hydrogen) atoms. The third-order valence-corrected chi connectivity index (χ3v) is 5.75. The van der Waals surface area contributed by atoms with Gasteiger partial charge in [-0.15, -0.1) is 5.10 Å². The summed E-state index contributed by atoms with van der Waals surface area (Å²) in [6.45, 7) is 5.91. The van der Waals surface area contributed by atoms with Crippen molar-refractivity contribution in [2.75, 3.05) is 10.6 Å². The van der Waals surface area contributed by atoms with E-state index in [2.05, 4.69) is 39.8 Å². The van der Waals surface area contributed by atoms with Gasteiger partial charge >= 0.3 is 0 Å². The lowest BCUT2D eigenvalue weighted by Gasteiger charge is -2.36. The van der Waals surface area contributed by atoms with Gasteiger partial charge in [-0.25, -0.2) is 0 Å². The van der Waals surface area contributed by atoms with E-state index in [1.54, 1.807) is 0 Å². The molecule has 2 aromatic heterocycles. The Morgan fingerprint density at radius 1 is 1.04 bits per heavy atom. The molecule has 0 atom stereocenters. The first kappa shape index (κ1) is 18.7. The summed E-state index contributed by atoms with van der Waals surface area (Å²) in [5.41, 5.74) is 2.41. The molecule has 0 radical (unpaired) electrons. The van der Waals surface area contributed by atoms with Gasteiger partial charge in [0.15, 0.2) is 5.65 Å². The second-order valence-electron chi connectivity index (χ2n) is 8.45. The van der Waals surface area contributed by atoms with E-state index in [9.17, 15) is 5.11 Å². The normalized spacial score (nSPS) is 20.3. The number of nitrogens with zero attached hydrogens (tertiary/aromatic N) is 3. The Kier molecular flexibility index (Phi) is 4.98. The van der Waals surface area contributed by atoms with Crippen molar-refractivity contribution in [3.05, 3.63) is 48.0 Å². The molecule has 2 heterocycles. The van der Waals surface area contributed by atoms with Crippen molar-refractivity contribution in [3.8, 4) is 0 Å². The van der Waals surface area contributed by atoms with Gasteiger partial charge in [-0.1, -0.05) is 23.8 Å². The number of aliphatic hydroxyl groups is 1. The molecule has 1 aromatic carbocycles. The molecule has 0 saturated heterocycles. The third kappa shape index (κ3) is 4.12. The number of benzene rings is 1. The van der Waals surface area contributed by atoms with Gasteiger partial charge in [0.1, 0.15) is 5.82 Å². The molecule has 4 rings (SSSR count). The number of pyridine rings is 1. The number of rotatable bonds is 5. The summed E-state index contributed by atoms with van der Waals surface area (Å²) in [6.07, 6.45) is 4.17. The van der Waals surface area contributed by atoms with Crippen molar-refractivity contribution in [1.82, 2.24) is 14.6 Å². The average molecular weight is 380 g/mol. The minimum Gasteiger partial charge on any atom is -0.390 e. The molecule has 1 aliphatic rings. The van der Waals surface area contributed by atoms with Crippen LogP contribution in [0.2, 0.25) is 0 Å². The molecule has 0 amide bonds. The summed E-state index contributed by atoms with van der Waals surface area (Å²) in [6, 6.07) is 14.6. The van der Waals surface area contributed by atoms with Crippen LogP contribution in [0.4, 0.5) is 17.5 Å². The van der Waals surface area contributed by atoms with Gasteiger partial charge < -0.3 is 15.7 Å². The van der Waals surface area contributed by atoms with Crippen LogP contribution in [0.5, 0.6) is 0 Å². The van der Waals surface area contributed by atoms with Crippen LogP contribution >= 0.6 is 0 Å². The summed E-state index contributed by atoms with van der Waals surface area (Å²) >= 11 is 0. The summed E-state index contributed by atoms with van der Waals surface area (Å²) in [7, 11) is 0. The highest BCUT2D eigenvalue weighted by molar-refractivity contribution is 5.58. The molecule has 1 saturated carbocycles. The van der Waals surface area contributed by atoms with Crippen molar-refractivity contribution in [2.45, 2.75) is 58.1 Å². The van der Waals surface area contributed by atoms with E-state index in [-0.39, 0.29) is 0 Å². The third-order valence-electron chi connectivity index (χ3n) is 5.75.